The lowest BCUT2D eigenvalue weighted by atomic mass is 10.1. The number of carbonyl (C=O) groups is 3. The highest BCUT2D eigenvalue weighted by Crippen LogP contribution is 2.24. The van der Waals surface area contributed by atoms with E-state index in [2.05, 4.69) is 10.4 Å². The van der Waals surface area contributed by atoms with Crippen LogP contribution in [0.4, 0.5) is 19.0 Å². The number of carboxylic acids is 1. The molecule has 1 aliphatic heterocycles. The number of anilines is 1. The van der Waals surface area contributed by atoms with Crippen LogP contribution < -0.4 is 5.32 Å². The van der Waals surface area contributed by atoms with E-state index in [4.69, 9.17) is 5.11 Å². The van der Waals surface area contributed by atoms with Crippen LogP contribution in [0.25, 0.3) is 0 Å². The average molecular weight is 334 g/mol. The fourth-order valence-electron chi connectivity index (χ4n) is 2.20. The third-order valence-electron chi connectivity index (χ3n) is 3.14. The van der Waals surface area contributed by atoms with Crippen LogP contribution in [-0.2, 0) is 20.9 Å². The van der Waals surface area contributed by atoms with E-state index >= 15 is 0 Å². The molecule has 2 heterocycles. The van der Waals surface area contributed by atoms with Crippen LogP contribution in [0.1, 0.15) is 6.42 Å². The van der Waals surface area contributed by atoms with Gasteiger partial charge in [-0.05, 0) is 0 Å². The molecule has 0 bridgehead atoms. The van der Waals surface area contributed by atoms with E-state index < -0.39 is 43.0 Å². The largest absolute Gasteiger partial charge is 0.480 e. The molecule has 0 spiro atoms. The zero-order valence-corrected chi connectivity index (χ0v) is 11.7. The average Bonchev–Trinajstić information content (AvgIpc) is 2.95. The van der Waals surface area contributed by atoms with Crippen molar-refractivity contribution in [3.05, 3.63) is 12.3 Å². The molecule has 23 heavy (non-hydrogen) atoms. The first-order valence-electron chi connectivity index (χ1n) is 6.54. The molecule has 8 nitrogen and oxygen atoms in total. The summed E-state index contributed by atoms with van der Waals surface area (Å²) in [5.74, 6) is -3.33. The van der Waals surface area contributed by atoms with Crippen molar-refractivity contribution >= 4 is 23.6 Å². The van der Waals surface area contributed by atoms with Crippen LogP contribution in [-0.4, -0.2) is 56.8 Å². The van der Waals surface area contributed by atoms with E-state index in [1.54, 1.807) is 0 Å². The monoisotopic (exact) mass is 334 g/mol. The summed E-state index contributed by atoms with van der Waals surface area (Å²) >= 11 is 0. The number of nitrogens with zero attached hydrogens (tertiary/aromatic N) is 3. The molecule has 1 unspecified atom stereocenters. The SMILES string of the molecule is O=C(O)Cn1ccc(NC(=O)C2CC(=O)N(CC(F)(F)F)C2)n1. The van der Waals surface area contributed by atoms with Gasteiger partial charge in [0.2, 0.25) is 11.8 Å². The highest BCUT2D eigenvalue weighted by molar-refractivity contribution is 5.96. The highest BCUT2D eigenvalue weighted by atomic mass is 19.4. The predicted molar refractivity (Wildman–Crippen MR) is 69.2 cm³/mol. The van der Waals surface area contributed by atoms with Crippen LogP contribution in [0.5, 0.6) is 0 Å². The number of carboxylic acid groups (broad SMARTS) is 1. The summed E-state index contributed by atoms with van der Waals surface area (Å²) in [6.45, 7) is -2.10. The Kier molecular flexibility index (Phi) is 4.57. The van der Waals surface area contributed by atoms with E-state index in [9.17, 15) is 27.6 Å². The number of aromatic nitrogens is 2. The number of amides is 2. The van der Waals surface area contributed by atoms with Gasteiger partial charge in [0, 0.05) is 25.2 Å². The van der Waals surface area contributed by atoms with Crippen LogP contribution in [0.3, 0.4) is 0 Å². The number of halogens is 3. The molecule has 2 rings (SSSR count). The van der Waals surface area contributed by atoms with Crippen molar-refractivity contribution < 1.29 is 32.7 Å². The number of nitrogens with one attached hydrogen (secondary N) is 1. The number of likely N-dealkylation sites (tertiary alicyclic amines) is 1. The van der Waals surface area contributed by atoms with Crippen LogP contribution in [0.2, 0.25) is 0 Å². The van der Waals surface area contributed by atoms with Crippen molar-refractivity contribution in [1.29, 1.82) is 0 Å². The molecule has 0 saturated carbocycles. The lowest BCUT2D eigenvalue weighted by Gasteiger charge is -2.18. The van der Waals surface area contributed by atoms with Gasteiger partial charge in [0.1, 0.15) is 13.1 Å². The fourth-order valence-corrected chi connectivity index (χ4v) is 2.20. The number of alkyl halides is 3. The van der Waals surface area contributed by atoms with Crippen molar-refractivity contribution in [2.24, 2.45) is 5.92 Å². The lowest BCUT2D eigenvalue weighted by Crippen LogP contribution is -2.36. The Morgan fingerprint density at radius 2 is 2.13 bits per heavy atom. The molecule has 1 aromatic rings. The second-order valence-corrected chi connectivity index (χ2v) is 5.07. The maximum absolute atomic E-state index is 12.3. The maximum Gasteiger partial charge on any atom is 0.406 e. The minimum absolute atomic E-state index is 0.0676. The summed E-state index contributed by atoms with van der Waals surface area (Å²) in [6, 6.07) is 1.35. The van der Waals surface area contributed by atoms with Gasteiger partial charge in [-0.1, -0.05) is 0 Å². The molecule has 0 aromatic carbocycles. The number of hydrogen-bond donors (Lipinski definition) is 2. The predicted octanol–water partition coefficient (Wildman–Crippen LogP) is 0.317. The van der Waals surface area contributed by atoms with E-state index in [-0.39, 0.29) is 18.8 Å². The smallest absolute Gasteiger partial charge is 0.406 e. The first-order valence-corrected chi connectivity index (χ1v) is 6.54. The van der Waals surface area contributed by atoms with Gasteiger partial charge in [-0.15, -0.1) is 0 Å². The van der Waals surface area contributed by atoms with Crippen LogP contribution in [0, 0.1) is 5.92 Å². The molecule has 11 heteroatoms. The number of carbonyl (C=O) groups excluding carboxylic acids is 2. The quantitative estimate of drug-likeness (QED) is 0.807. The minimum Gasteiger partial charge on any atom is -0.480 e. The van der Waals surface area contributed by atoms with Gasteiger partial charge in [-0.25, -0.2) is 0 Å². The number of hydrogen-bond acceptors (Lipinski definition) is 4. The Balaban J connectivity index is 1.92. The van der Waals surface area contributed by atoms with Crippen molar-refractivity contribution in [3.8, 4) is 0 Å². The zero-order chi connectivity index (χ0) is 17.2. The van der Waals surface area contributed by atoms with E-state index in [1.165, 1.54) is 12.3 Å². The second-order valence-electron chi connectivity index (χ2n) is 5.07. The van der Waals surface area contributed by atoms with Gasteiger partial charge in [-0.3, -0.25) is 19.1 Å². The molecule has 1 aliphatic rings. The Bertz CT molecular complexity index is 628. The molecule has 1 fully saturated rings. The van der Waals surface area contributed by atoms with E-state index in [0.29, 0.717) is 4.90 Å². The van der Waals surface area contributed by atoms with Crippen molar-refractivity contribution in [2.45, 2.75) is 19.1 Å². The Labute approximate surface area is 127 Å². The van der Waals surface area contributed by atoms with Crippen LogP contribution in [0.15, 0.2) is 12.3 Å². The van der Waals surface area contributed by atoms with Crippen molar-refractivity contribution in [3.63, 3.8) is 0 Å². The van der Waals surface area contributed by atoms with Crippen LogP contribution >= 0.6 is 0 Å². The Morgan fingerprint density at radius 3 is 2.74 bits per heavy atom. The van der Waals surface area contributed by atoms with E-state index in [0.717, 1.165) is 4.68 Å². The molecule has 0 radical (unpaired) electrons. The lowest BCUT2D eigenvalue weighted by molar-refractivity contribution is -0.157. The first kappa shape index (κ1) is 16.8. The maximum atomic E-state index is 12.3. The summed E-state index contributed by atoms with van der Waals surface area (Å²) in [5.41, 5.74) is 0. The standard InChI is InChI=1S/C12H13F3N4O4/c13-12(14,15)6-18-4-7(3-9(18)20)11(23)16-8-1-2-19(17-8)5-10(21)22/h1-2,7H,3-6H2,(H,21,22)(H,16,17,23). The summed E-state index contributed by atoms with van der Waals surface area (Å²) in [7, 11) is 0. The molecule has 2 N–H and O–H groups in total. The molecule has 1 aromatic heterocycles. The summed E-state index contributed by atoms with van der Waals surface area (Å²) < 4.78 is 38.0. The number of rotatable bonds is 5. The molecular formula is C12H13F3N4O4. The van der Waals surface area contributed by atoms with E-state index in [1.807, 2.05) is 0 Å². The fraction of sp³-hybridized carbons (Fsp3) is 0.500. The molecular weight excluding hydrogens is 321 g/mol. The Hall–Kier alpha value is -2.59. The first-order chi connectivity index (χ1) is 10.6. The second kappa shape index (κ2) is 6.26. The third-order valence-corrected chi connectivity index (χ3v) is 3.14. The number of aliphatic carboxylic acids is 1. The summed E-state index contributed by atoms with van der Waals surface area (Å²) in [4.78, 5) is 34.6. The topological polar surface area (TPSA) is 105 Å². The van der Waals surface area contributed by atoms with Gasteiger partial charge in [0.05, 0.1) is 5.92 Å². The van der Waals surface area contributed by atoms with Gasteiger partial charge in [-0.2, -0.15) is 18.3 Å². The summed E-state index contributed by atoms with van der Waals surface area (Å²) in [6.07, 6.45) is -3.49. The third kappa shape index (κ3) is 4.69. The Morgan fingerprint density at radius 1 is 1.43 bits per heavy atom. The molecule has 0 aliphatic carbocycles. The summed E-state index contributed by atoms with van der Waals surface area (Å²) in [5, 5.41) is 14.7. The normalized spacial score (nSPS) is 18.3. The zero-order valence-electron chi connectivity index (χ0n) is 11.7. The van der Waals surface area contributed by atoms with Gasteiger partial charge < -0.3 is 15.3 Å². The van der Waals surface area contributed by atoms with Gasteiger partial charge in [0.15, 0.2) is 5.82 Å². The molecule has 1 saturated heterocycles. The van der Waals surface area contributed by atoms with Crippen molar-refractivity contribution in [1.82, 2.24) is 14.7 Å². The van der Waals surface area contributed by atoms with Gasteiger partial charge in [0.25, 0.3) is 0 Å². The molecule has 1 atom stereocenters. The van der Waals surface area contributed by atoms with Gasteiger partial charge >= 0.3 is 12.1 Å². The molecule has 126 valence electrons. The molecule has 2 amide bonds. The minimum atomic E-state index is -4.52. The van der Waals surface area contributed by atoms with Crippen molar-refractivity contribution in [2.75, 3.05) is 18.4 Å². The highest BCUT2D eigenvalue weighted by Gasteiger charge is 2.40.